The molecule has 0 aliphatic heterocycles. The van der Waals surface area contributed by atoms with Crippen LogP contribution in [0.1, 0.15) is 19.4 Å². The minimum atomic E-state index is -0.293. The number of benzene rings is 2. The summed E-state index contributed by atoms with van der Waals surface area (Å²) in [5.74, 6) is 3.14. The van der Waals surface area contributed by atoms with Crippen molar-refractivity contribution >= 4 is 39.0 Å². The van der Waals surface area contributed by atoms with Crippen LogP contribution in [0.3, 0.4) is 0 Å². The molecule has 0 fully saturated rings. The normalized spacial score (nSPS) is 10.3. The van der Waals surface area contributed by atoms with Crippen LogP contribution in [0.25, 0.3) is 0 Å². The Hall–Kier alpha value is -2.45. The van der Waals surface area contributed by atoms with Crippen molar-refractivity contribution in [1.29, 1.82) is 0 Å². The molecule has 0 atom stereocenters. The summed E-state index contributed by atoms with van der Waals surface area (Å²) in [5, 5.41) is 5.79. The molecular weight excluding hydrogens is 390 g/mol. The van der Waals surface area contributed by atoms with Crippen molar-refractivity contribution in [2.24, 2.45) is 5.92 Å². The number of nitrogens with one attached hydrogen (secondary N) is 2. The van der Waals surface area contributed by atoms with Crippen LogP contribution >= 0.6 is 15.9 Å². The molecule has 0 aliphatic carbocycles. The zero-order valence-corrected chi connectivity index (χ0v) is 16.9. The second-order valence-corrected chi connectivity index (χ2v) is 7.50. The van der Waals surface area contributed by atoms with E-state index >= 15 is 0 Å². The summed E-state index contributed by atoms with van der Waals surface area (Å²) in [7, 11) is 0. The van der Waals surface area contributed by atoms with Crippen LogP contribution < -0.4 is 15.5 Å². The number of rotatable bonds is 6. The van der Waals surface area contributed by atoms with Gasteiger partial charge in [-0.15, -0.1) is 6.42 Å². The third-order valence-electron chi connectivity index (χ3n) is 3.72. The van der Waals surface area contributed by atoms with Gasteiger partial charge in [0.2, 0.25) is 0 Å². The fraction of sp³-hybridized carbons (Fsp3) is 0.286. The van der Waals surface area contributed by atoms with Crippen molar-refractivity contribution in [3.63, 3.8) is 0 Å². The average Bonchev–Trinajstić information content (AvgIpc) is 2.56. The monoisotopic (exact) mass is 413 g/mol. The van der Waals surface area contributed by atoms with Gasteiger partial charge in [0, 0.05) is 16.7 Å². The zero-order chi connectivity index (χ0) is 19.1. The van der Waals surface area contributed by atoms with E-state index in [2.05, 4.69) is 51.2 Å². The lowest BCUT2D eigenvalue weighted by Gasteiger charge is -2.27. The number of hydrogen-bond acceptors (Lipinski definition) is 2. The highest BCUT2D eigenvalue weighted by Crippen LogP contribution is 2.30. The molecule has 0 heterocycles. The Morgan fingerprint density at radius 2 is 1.88 bits per heavy atom. The van der Waals surface area contributed by atoms with Crippen LogP contribution in [-0.4, -0.2) is 19.1 Å². The lowest BCUT2D eigenvalue weighted by atomic mass is 10.1. The van der Waals surface area contributed by atoms with Crippen LogP contribution in [0.5, 0.6) is 0 Å². The number of carbonyl (C=O) groups excluding carboxylic acids is 1. The largest absolute Gasteiger partial charge is 0.358 e. The summed E-state index contributed by atoms with van der Waals surface area (Å²) in [6.45, 7) is 7.57. The molecular formula is C21H24BrN3O. The minimum absolute atomic E-state index is 0.293. The van der Waals surface area contributed by atoms with Crippen LogP contribution in [0.2, 0.25) is 0 Å². The van der Waals surface area contributed by atoms with Gasteiger partial charge in [-0.3, -0.25) is 0 Å². The Morgan fingerprint density at radius 3 is 2.50 bits per heavy atom. The minimum Gasteiger partial charge on any atom is -0.358 e. The zero-order valence-electron chi connectivity index (χ0n) is 15.3. The first-order chi connectivity index (χ1) is 12.4. The van der Waals surface area contributed by atoms with Gasteiger partial charge in [0.1, 0.15) is 0 Å². The molecule has 0 saturated carbocycles. The Balaban J connectivity index is 2.21. The summed E-state index contributed by atoms with van der Waals surface area (Å²) in [4.78, 5) is 14.5. The van der Waals surface area contributed by atoms with Gasteiger partial charge in [-0.05, 0) is 43.2 Å². The standard InChI is InChI=1S/C21H24BrN3O/c1-5-12-25(14-15(2)3)20-11-8-17(22)13-19(20)24-21(26)23-18-9-6-16(4)7-10-18/h1,6-11,13,15H,12,14H2,2-4H3,(H2,23,24,26). The van der Waals surface area contributed by atoms with Crippen molar-refractivity contribution in [3.05, 3.63) is 52.5 Å². The van der Waals surface area contributed by atoms with E-state index in [1.807, 2.05) is 49.4 Å². The molecule has 2 amide bonds. The number of urea groups is 1. The summed E-state index contributed by atoms with van der Waals surface area (Å²) in [6, 6.07) is 13.2. The lowest BCUT2D eigenvalue weighted by Crippen LogP contribution is -2.29. The molecule has 0 aliphatic rings. The number of carbonyl (C=O) groups is 1. The molecule has 0 unspecified atom stereocenters. The van der Waals surface area contributed by atoms with Gasteiger partial charge in [0.25, 0.3) is 0 Å². The molecule has 26 heavy (non-hydrogen) atoms. The summed E-state index contributed by atoms with van der Waals surface area (Å²) in [6.07, 6.45) is 5.54. The van der Waals surface area contributed by atoms with Gasteiger partial charge >= 0.3 is 6.03 Å². The molecule has 2 N–H and O–H groups in total. The first kappa shape index (κ1) is 19.9. The number of halogens is 1. The van der Waals surface area contributed by atoms with Gasteiger partial charge in [-0.1, -0.05) is 53.4 Å². The number of amides is 2. The van der Waals surface area contributed by atoms with E-state index in [1.54, 1.807) is 0 Å². The lowest BCUT2D eigenvalue weighted by molar-refractivity contribution is 0.262. The summed E-state index contributed by atoms with van der Waals surface area (Å²) < 4.78 is 0.886. The van der Waals surface area contributed by atoms with Gasteiger partial charge in [-0.2, -0.15) is 0 Å². The second-order valence-electron chi connectivity index (χ2n) is 6.59. The highest BCUT2D eigenvalue weighted by molar-refractivity contribution is 9.10. The molecule has 0 saturated heterocycles. The number of nitrogens with zero attached hydrogens (tertiary/aromatic N) is 1. The van der Waals surface area contributed by atoms with E-state index in [-0.39, 0.29) is 6.03 Å². The van der Waals surface area contributed by atoms with Crippen molar-refractivity contribution in [1.82, 2.24) is 0 Å². The molecule has 4 nitrogen and oxygen atoms in total. The van der Waals surface area contributed by atoms with Crippen LogP contribution in [0.15, 0.2) is 46.9 Å². The first-order valence-electron chi connectivity index (χ1n) is 8.51. The molecule has 0 spiro atoms. The van der Waals surface area contributed by atoms with Gasteiger partial charge in [0.15, 0.2) is 0 Å². The summed E-state index contributed by atoms with van der Waals surface area (Å²) in [5.41, 5.74) is 3.50. The average molecular weight is 414 g/mol. The van der Waals surface area contributed by atoms with Crippen molar-refractivity contribution in [2.45, 2.75) is 20.8 Å². The number of hydrogen-bond donors (Lipinski definition) is 2. The van der Waals surface area contributed by atoms with Gasteiger partial charge in [0.05, 0.1) is 17.9 Å². The Labute approximate surface area is 164 Å². The fourth-order valence-electron chi connectivity index (χ4n) is 2.60. The van der Waals surface area contributed by atoms with E-state index in [9.17, 15) is 4.79 Å². The SMILES string of the molecule is C#CCN(CC(C)C)c1ccc(Br)cc1NC(=O)Nc1ccc(C)cc1. The smallest absolute Gasteiger partial charge is 0.323 e. The molecule has 0 radical (unpaired) electrons. The fourth-order valence-corrected chi connectivity index (χ4v) is 2.97. The topological polar surface area (TPSA) is 44.4 Å². The Bertz CT molecular complexity index is 794. The molecule has 2 rings (SSSR count). The van der Waals surface area contributed by atoms with Crippen molar-refractivity contribution in [2.75, 3.05) is 28.6 Å². The maximum atomic E-state index is 12.4. The van der Waals surface area contributed by atoms with E-state index in [1.165, 1.54) is 0 Å². The molecule has 136 valence electrons. The predicted octanol–water partition coefficient (Wildman–Crippen LogP) is 5.50. The third-order valence-corrected chi connectivity index (χ3v) is 4.22. The van der Waals surface area contributed by atoms with Gasteiger partial charge in [-0.25, -0.2) is 4.79 Å². The molecule has 0 aromatic heterocycles. The van der Waals surface area contributed by atoms with E-state index < -0.39 is 0 Å². The second kappa shape index (κ2) is 9.30. The third kappa shape index (κ3) is 5.82. The van der Waals surface area contributed by atoms with Crippen LogP contribution in [0, 0.1) is 25.2 Å². The molecule has 0 bridgehead atoms. The highest BCUT2D eigenvalue weighted by Gasteiger charge is 2.14. The van der Waals surface area contributed by atoms with Crippen molar-refractivity contribution in [3.8, 4) is 12.3 Å². The van der Waals surface area contributed by atoms with Crippen molar-refractivity contribution < 1.29 is 4.79 Å². The maximum absolute atomic E-state index is 12.4. The predicted molar refractivity (Wildman–Crippen MR) is 114 cm³/mol. The Kier molecular flexibility index (Phi) is 7.11. The van der Waals surface area contributed by atoms with Crippen LogP contribution in [-0.2, 0) is 0 Å². The van der Waals surface area contributed by atoms with E-state index in [4.69, 9.17) is 6.42 Å². The quantitative estimate of drug-likeness (QED) is 0.614. The maximum Gasteiger partial charge on any atom is 0.323 e. The number of aryl methyl sites for hydroxylation is 1. The van der Waals surface area contributed by atoms with E-state index in [0.29, 0.717) is 18.2 Å². The van der Waals surface area contributed by atoms with Crippen LogP contribution in [0.4, 0.5) is 21.9 Å². The summed E-state index contributed by atoms with van der Waals surface area (Å²) >= 11 is 3.47. The highest BCUT2D eigenvalue weighted by atomic mass is 79.9. The van der Waals surface area contributed by atoms with Gasteiger partial charge < -0.3 is 15.5 Å². The number of terminal acetylenes is 1. The molecule has 2 aromatic carbocycles. The van der Waals surface area contributed by atoms with E-state index in [0.717, 1.165) is 28.0 Å². The Morgan fingerprint density at radius 1 is 1.19 bits per heavy atom. The molecule has 2 aromatic rings. The first-order valence-corrected chi connectivity index (χ1v) is 9.31. The number of anilines is 3. The molecule has 5 heteroatoms.